The van der Waals surface area contributed by atoms with Crippen molar-refractivity contribution in [3.05, 3.63) is 48.5 Å². The highest BCUT2D eigenvalue weighted by Crippen LogP contribution is 2.39. The minimum atomic E-state index is -0.461. The predicted octanol–water partition coefficient (Wildman–Crippen LogP) is 2.53. The van der Waals surface area contributed by atoms with Gasteiger partial charge in [-0.25, -0.2) is 4.99 Å². The van der Waals surface area contributed by atoms with Crippen molar-refractivity contribution in [3.63, 3.8) is 0 Å². The Bertz CT molecular complexity index is 1080. The standard InChI is InChI=1S/C20H22N8/c21-18-23-19(22)27(20(24-18)11-5-2-6-12-20)15-9-10-16-17(13-15)26-28(25-16)14-7-3-1-4-8-14/h1,3-4,7-10,13H,2,5-6,11-12H2,(H4,21,22,23,24). The van der Waals surface area contributed by atoms with Gasteiger partial charge in [0.15, 0.2) is 0 Å². The number of nitrogens with two attached hydrogens (primary N) is 2. The fourth-order valence-corrected chi connectivity index (χ4v) is 4.21. The van der Waals surface area contributed by atoms with Crippen LogP contribution in [0.1, 0.15) is 32.1 Å². The highest BCUT2D eigenvalue weighted by molar-refractivity contribution is 6.06. The highest BCUT2D eigenvalue weighted by atomic mass is 15.5. The van der Waals surface area contributed by atoms with Crippen molar-refractivity contribution < 1.29 is 0 Å². The van der Waals surface area contributed by atoms with Gasteiger partial charge >= 0.3 is 0 Å². The molecule has 0 unspecified atom stereocenters. The van der Waals surface area contributed by atoms with E-state index in [9.17, 15) is 0 Å². The average molecular weight is 374 g/mol. The summed E-state index contributed by atoms with van der Waals surface area (Å²) in [6.45, 7) is 0. The van der Waals surface area contributed by atoms with Gasteiger partial charge in [0, 0.05) is 5.69 Å². The molecule has 0 bridgehead atoms. The van der Waals surface area contributed by atoms with E-state index in [0.717, 1.165) is 48.1 Å². The van der Waals surface area contributed by atoms with E-state index in [1.807, 2.05) is 53.4 Å². The number of fused-ring (bicyclic) bond motifs is 1. The molecule has 142 valence electrons. The first kappa shape index (κ1) is 16.7. The monoisotopic (exact) mass is 374 g/mol. The Balaban J connectivity index is 1.59. The molecule has 2 heterocycles. The number of aliphatic imine (C=N–C) groups is 2. The number of hydrogen-bond acceptors (Lipinski definition) is 7. The summed E-state index contributed by atoms with van der Waals surface area (Å²) in [6, 6.07) is 15.8. The van der Waals surface area contributed by atoms with Gasteiger partial charge in [-0.05, 0) is 56.0 Å². The first-order valence-electron chi connectivity index (χ1n) is 9.57. The molecule has 0 radical (unpaired) electrons. The van der Waals surface area contributed by atoms with Crippen molar-refractivity contribution in [2.75, 3.05) is 4.90 Å². The second-order valence-corrected chi connectivity index (χ2v) is 7.32. The normalized spacial score (nSPS) is 18.9. The molecule has 3 aromatic rings. The van der Waals surface area contributed by atoms with Gasteiger partial charge in [-0.1, -0.05) is 24.6 Å². The molecule has 0 saturated heterocycles. The molecule has 2 aliphatic rings. The second kappa shape index (κ2) is 6.33. The Kier molecular flexibility index (Phi) is 3.78. The Hall–Kier alpha value is -3.42. The van der Waals surface area contributed by atoms with Crippen LogP contribution in [0.3, 0.4) is 0 Å². The second-order valence-electron chi connectivity index (χ2n) is 7.32. The largest absolute Gasteiger partial charge is 0.369 e. The van der Waals surface area contributed by atoms with E-state index in [4.69, 9.17) is 16.5 Å². The number of anilines is 1. The summed E-state index contributed by atoms with van der Waals surface area (Å²) in [6.07, 6.45) is 5.18. The quantitative estimate of drug-likeness (QED) is 0.716. The van der Waals surface area contributed by atoms with Crippen molar-refractivity contribution in [1.82, 2.24) is 15.0 Å². The summed E-state index contributed by atoms with van der Waals surface area (Å²) in [7, 11) is 0. The summed E-state index contributed by atoms with van der Waals surface area (Å²) >= 11 is 0. The maximum Gasteiger partial charge on any atom is 0.220 e. The summed E-state index contributed by atoms with van der Waals surface area (Å²) < 4.78 is 0. The number of guanidine groups is 2. The molecule has 0 atom stereocenters. The fourth-order valence-electron chi connectivity index (χ4n) is 4.21. The number of benzene rings is 2. The van der Waals surface area contributed by atoms with Gasteiger partial charge in [-0.3, -0.25) is 4.90 Å². The number of para-hydroxylation sites is 1. The third-order valence-corrected chi connectivity index (χ3v) is 5.46. The van der Waals surface area contributed by atoms with Gasteiger partial charge < -0.3 is 11.5 Å². The molecule has 1 aliphatic carbocycles. The van der Waals surface area contributed by atoms with Crippen molar-refractivity contribution in [3.8, 4) is 5.69 Å². The Morgan fingerprint density at radius 1 is 0.821 bits per heavy atom. The van der Waals surface area contributed by atoms with Gasteiger partial charge in [0.25, 0.3) is 0 Å². The van der Waals surface area contributed by atoms with Crippen LogP contribution in [0.25, 0.3) is 16.7 Å². The molecule has 1 aromatic heterocycles. The molecule has 4 N–H and O–H groups in total. The van der Waals surface area contributed by atoms with Crippen LogP contribution < -0.4 is 16.4 Å². The highest BCUT2D eigenvalue weighted by Gasteiger charge is 2.42. The number of nitrogens with zero attached hydrogens (tertiary/aromatic N) is 6. The maximum atomic E-state index is 6.32. The third kappa shape index (κ3) is 2.69. The first-order valence-corrected chi connectivity index (χ1v) is 9.57. The lowest BCUT2D eigenvalue weighted by atomic mass is 9.87. The van der Waals surface area contributed by atoms with Crippen LogP contribution in [0.15, 0.2) is 58.5 Å². The van der Waals surface area contributed by atoms with Crippen molar-refractivity contribution in [2.45, 2.75) is 37.8 Å². The molecule has 1 aliphatic heterocycles. The van der Waals surface area contributed by atoms with Gasteiger partial charge in [0.05, 0.1) is 5.69 Å². The Morgan fingerprint density at radius 2 is 1.57 bits per heavy atom. The van der Waals surface area contributed by atoms with E-state index in [1.165, 1.54) is 6.42 Å². The predicted molar refractivity (Wildman–Crippen MR) is 110 cm³/mol. The smallest absolute Gasteiger partial charge is 0.220 e. The third-order valence-electron chi connectivity index (χ3n) is 5.46. The van der Waals surface area contributed by atoms with Crippen LogP contribution in [-0.4, -0.2) is 32.6 Å². The molecule has 1 saturated carbocycles. The lowest BCUT2D eigenvalue weighted by molar-refractivity contribution is 0.305. The van der Waals surface area contributed by atoms with E-state index in [0.29, 0.717) is 5.96 Å². The van der Waals surface area contributed by atoms with E-state index in [-0.39, 0.29) is 5.96 Å². The van der Waals surface area contributed by atoms with Crippen LogP contribution >= 0.6 is 0 Å². The van der Waals surface area contributed by atoms with Gasteiger partial charge in [-0.2, -0.15) is 9.79 Å². The van der Waals surface area contributed by atoms with E-state index in [2.05, 4.69) is 15.2 Å². The number of aromatic nitrogens is 3. The van der Waals surface area contributed by atoms with Crippen LogP contribution in [-0.2, 0) is 0 Å². The molecule has 5 rings (SSSR count). The van der Waals surface area contributed by atoms with E-state index < -0.39 is 5.66 Å². The SMILES string of the molecule is NC1=NC2(CCCCC2)N(c2ccc3nn(-c4ccccc4)nc3c2)C(N)=N1. The zero-order valence-electron chi connectivity index (χ0n) is 15.5. The lowest BCUT2D eigenvalue weighted by Crippen LogP contribution is -2.58. The van der Waals surface area contributed by atoms with Crippen molar-refractivity contribution in [2.24, 2.45) is 21.5 Å². The molecule has 28 heavy (non-hydrogen) atoms. The zero-order chi connectivity index (χ0) is 19.1. The van der Waals surface area contributed by atoms with E-state index in [1.54, 1.807) is 4.80 Å². The van der Waals surface area contributed by atoms with Crippen molar-refractivity contribution >= 4 is 28.6 Å². The summed E-state index contributed by atoms with van der Waals surface area (Å²) in [4.78, 5) is 12.6. The van der Waals surface area contributed by atoms with Crippen LogP contribution in [0.2, 0.25) is 0 Å². The molecule has 2 aromatic carbocycles. The van der Waals surface area contributed by atoms with E-state index >= 15 is 0 Å². The van der Waals surface area contributed by atoms with Crippen LogP contribution in [0.4, 0.5) is 5.69 Å². The average Bonchev–Trinajstić information content (AvgIpc) is 3.12. The number of rotatable bonds is 2. The van der Waals surface area contributed by atoms with Gasteiger partial charge in [0.1, 0.15) is 16.7 Å². The summed E-state index contributed by atoms with van der Waals surface area (Å²) in [5, 5.41) is 9.23. The Morgan fingerprint density at radius 3 is 2.36 bits per heavy atom. The molecule has 1 spiro atoms. The summed E-state index contributed by atoms with van der Waals surface area (Å²) in [5.41, 5.74) is 15.3. The summed E-state index contributed by atoms with van der Waals surface area (Å²) in [5.74, 6) is 0.635. The maximum absolute atomic E-state index is 6.32. The molecule has 8 nitrogen and oxygen atoms in total. The van der Waals surface area contributed by atoms with Gasteiger partial charge in [-0.15, -0.1) is 10.2 Å². The zero-order valence-corrected chi connectivity index (χ0v) is 15.5. The lowest BCUT2D eigenvalue weighted by Gasteiger charge is -2.45. The molecule has 1 fully saturated rings. The fraction of sp³-hybridized carbons (Fsp3) is 0.300. The number of hydrogen-bond donors (Lipinski definition) is 2. The first-order chi connectivity index (χ1) is 13.6. The Labute approximate surface area is 162 Å². The van der Waals surface area contributed by atoms with Gasteiger partial charge in [0.2, 0.25) is 11.9 Å². The molecular weight excluding hydrogens is 352 g/mol. The van der Waals surface area contributed by atoms with Crippen LogP contribution in [0.5, 0.6) is 0 Å². The topological polar surface area (TPSA) is 111 Å². The van der Waals surface area contributed by atoms with Crippen LogP contribution in [0, 0.1) is 0 Å². The minimum absolute atomic E-state index is 0.256. The molecular formula is C20H22N8. The van der Waals surface area contributed by atoms with Crippen molar-refractivity contribution in [1.29, 1.82) is 0 Å². The molecule has 8 heteroatoms. The minimum Gasteiger partial charge on any atom is -0.369 e. The molecule has 0 amide bonds.